The standard InChI is InChI=1S/C13H12F3NO6S2/c1-5(18)23-2-6-3-24-10-7(4-25-12(22)13(14,15)16)9(19)17(10)8(6)11(20)21/h7,10H,2-4H2,1H3,(H,20,21)/t7-,10-/m1/s1. The highest BCUT2D eigenvalue weighted by Crippen LogP contribution is 2.45. The van der Waals surface area contributed by atoms with E-state index in [-0.39, 0.29) is 41.1 Å². The topological polar surface area (TPSA) is 101 Å². The van der Waals surface area contributed by atoms with E-state index in [1.165, 1.54) is 0 Å². The molecular weight excluding hydrogens is 387 g/mol. The second-order valence-electron chi connectivity index (χ2n) is 5.15. The van der Waals surface area contributed by atoms with Crippen molar-refractivity contribution in [2.45, 2.75) is 18.5 Å². The largest absolute Gasteiger partial charge is 0.477 e. The Morgan fingerprint density at radius 1 is 1.40 bits per heavy atom. The molecule has 138 valence electrons. The highest BCUT2D eigenvalue weighted by atomic mass is 32.2. The maximum atomic E-state index is 12.2. The molecule has 7 nitrogen and oxygen atoms in total. The number of carbonyl (C=O) groups excluding carboxylic acids is 3. The van der Waals surface area contributed by atoms with Gasteiger partial charge in [0.15, 0.2) is 0 Å². The molecule has 0 aromatic rings. The van der Waals surface area contributed by atoms with Crippen molar-refractivity contribution in [3.63, 3.8) is 0 Å². The van der Waals surface area contributed by atoms with Gasteiger partial charge in [0.2, 0.25) is 5.91 Å². The summed E-state index contributed by atoms with van der Waals surface area (Å²) in [6, 6.07) is 0. The van der Waals surface area contributed by atoms with E-state index >= 15 is 0 Å². The van der Waals surface area contributed by atoms with Crippen molar-refractivity contribution in [3.05, 3.63) is 11.3 Å². The third kappa shape index (κ3) is 4.11. The molecule has 0 aromatic heterocycles. The van der Waals surface area contributed by atoms with Gasteiger partial charge in [-0.3, -0.25) is 19.3 Å². The number of carboxylic acids is 1. The van der Waals surface area contributed by atoms with Crippen LogP contribution < -0.4 is 0 Å². The molecule has 2 heterocycles. The summed E-state index contributed by atoms with van der Waals surface area (Å²) in [5.74, 6) is -3.78. The predicted octanol–water partition coefficient (Wildman–Crippen LogP) is 1.24. The summed E-state index contributed by atoms with van der Waals surface area (Å²) in [4.78, 5) is 46.3. The van der Waals surface area contributed by atoms with Crippen LogP contribution in [0.3, 0.4) is 0 Å². The van der Waals surface area contributed by atoms with Gasteiger partial charge >= 0.3 is 18.1 Å². The van der Waals surface area contributed by atoms with Crippen molar-refractivity contribution >= 4 is 46.5 Å². The van der Waals surface area contributed by atoms with Gasteiger partial charge < -0.3 is 9.84 Å². The minimum Gasteiger partial charge on any atom is -0.477 e. The average Bonchev–Trinajstić information content (AvgIpc) is 2.50. The molecule has 0 unspecified atom stereocenters. The fraction of sp³-hybridized carbons (Fsp3) is 0.538. The van der Waals surface area contributed by atoms with Gasteiger partial charge in [0.1, 0.15) is 12.3 Å². The molecule has 1 N–H and O–H groups in total. The fourth-order valence-corrected chi connectivity index (χ4v) is 4.67. The molecule has 0 radical (unpaired) electrons. The zero-order valence-electron chi connectivity index (χ0n) is 12.7. The first-order chi connectivity index (χ1) is 11.5. The number of thioether (sulfide) groups is 2. The minimum absolute atomic E-state index is 0.00621. The number of esters is 1. The second kappa shape index (κ2) is 7.28. The Labute approximate surface area is 147 Å². The number of β-lactam (4-membered cyclic amide) rings is 1. The number of ether oxygens (including phenoxy) is 1. The van der Waals surface area contributed by atoms with Crippen LogP contribution in [0.5, 0.6) is 0 Å². The van der Waals surface area contributed by atoms with Crippen molar-refractivity contribution in [1.29, 1.82) is 0 Å². The van der Waals surface area contributed by atoms with Gasteiger partial charge in [-0.05, 0) is 0 Å². The van der Waals surface area contributed by atoms with Crippen LogP contribution in [0.4, 0.5) is 13.2 Å². The lowest BCUT2D eigenvalue weighted by Crippen LogP contribution is -2.62. The van der Waals surface area contributed by atoms with Gasteiger partial charge in [0, 0.05) is 24.0 Å². The predicted molar refractivity (Wildman–Crippen MR) is 81.4 cm³/mol. The molecule has 1 fully saturated rings. The Morgan fingerprint density at radius 2 is 2.04 bits per heavy atom. The zero-order valence-corrected chi connectivity index (χ0v) is 14.3. The second-order valence-corrected chi connectivity index (χ2v) is 7.25. The first-order valence-electron chi connectivity index (χ1n) is 6.81. The SMILES string of the molecule is CC(=O)OCC1=C(C(=O)O)N2C(=O)[C@@H](CSC(=O)C(F)(F)F)[C@H]2SC1. The van der Waals surface area contributed by atoms with E-state index in [9.17, 15) is 37.5 Å². The van der Waals surface area contributed by atoms with Crippen molar-refractivity contribution in [1.82, 2.24) is 4.90 Å². The highest BCUT2D eigenvalue weighted by molar-refractivity contribution is 8.13. The Bertz CT molecular complexity index is 663. The fourth-order valence-electron chi connectivity index (χ4n) is 2.33. The molecular formula is C13H12F3NO6S2. The number of carboxylic acid groups (broad SMARTS) is 1. The van der Waals surface area contributed by atoms with Gasteiger partial charge in [0.05, 0.1) is 11.3 Å². The molecule has 2 atom stereocenters. The Balaban J connectivity index is 2.09. The summed E-state index contributed by atoms with van der Waals surface area (Å²) in [5, 5.41) is 6.66. The van der Waals surface area contributed by atoms with E-state index in [4.69, 9.17) is 4.74 Å². The lowest BCUT2D eigenvalue weighted by molar-refractivity contribution is -0.160. The lowest BCUT2D eigenvalue weighted by Gasteiger charge is -2.49. The van der Waals surface area contributed by atoms with Gasteiger partial charge in [-0.1, -0.05) is 11.8 Å². The van der Waals surface area contributed by atoms with E-state index in [0.717, 1.165) is 23.6 Å². The smallest absolute Gasteiger partial charge is 0.460 e. The number of hydrogen-bond donors (Lipinski definition) is 1. The maximum absolute atomic E-state index is 12.2. The van der Waals surface area contributed by atoms with Crippen molar-refractivity contribution in [2.75, 3.05) is 18.1 Å². The van der Waals surface area contributed by atoms with Gasteiger partial charge in [-0.2, -0.15) is 13.2 Å². The summed E-state index contributed by atoms with van der Waals surface area (Å²) in [7, 11) is 0. The normalized spacial score (nSPS) is 23.0. The van der Waals surface area contributed by atoms with Crippen molar-refractivity contribution in [3.8, 4) is 0 Å². The number of aliphatic carboxylic acids is 1. The van der Waals surface area contributed by atoms with Crippen LogP contribution in [0.15, 0.2) is 11.3 Å². The third-order valence-corrected chi connectivity index (χ3v) is 5.85. The molecule has 2 aliphatic rings. The number of carbonyl (C=O) groups is 4. The van der Waals surface area contributed by atoms with Crippen molar-refractivity contribution in [2.24, 2.45) is 5.92 Å². The summed E-state index contributed by atoms with van der Waals surface area (Å²) in [5.41, 5.74) is -0.0897. The van der Waals surface area contributed by atoms with Crippen molar-refractivity contribution < 1.29 is 42.2 Å². The quantitative estimate of drug-likeness (QED) is 0.544. The van der Waals surface area contributed by atoms with E-state index in [1.54, 1.807) is 0 Å². The third-order valence-electron chi connectivity index (χ3n) is 3.44. The Hall–Kier alpha value is -1.69. The van der Waals surface area contributed by atoms with Gasteiger partial charge in [0.25, 0.3) is 5.12 Å². The number of amides is 1. The average molecular weight is 399 g/mol. The minimum atomic E-state index is -4.99. The first kappa shape index (κ1) is 19.6. The highest BCUT2D eigenvalue weighted by Gasteiger charge is 2.54. The Morgan fingerprint density at radius 3 is 2.56 bits per heavy atom. The molecule has 1 amide bonds. The monoisotopic (exact) mass is 399 g/mol. The number of nitrogens with zero attached hydrogens (tertiary/aromatic N) is 1. The molecule has 25 heavy (non-hydrogen) atoms. The van der Waals surface area contributed by atoms with Crippen LogP contribution in [0.2, 0.25) is 0 Å². The van der Waals surface area contributed by atoms with Crippen LogP contribution in [0, 0.1) is 5.92 Å². The molecule has 0 saturated carbocycles. The van der Waals surface area contributed by atoms with Gasteiger partial charge in [-0.25, -0.2) is 4.79 Å². The van der Waals surface area contributed by atoms with E-state index in [2.05, 4.69) is 0 Å². The van der Waals surface area contributed by atoms with E-state index in [0.29, 0.717) is 0 Å². The van der Waals surface area contributed by atoms with Gasteiger partial charge in [-0.15, -0.1) is 11.8 Å². The zero-order chi connectivity index (χ0) is 18.9. The number of hydrogen-bond acceptors (Lipinski definition) is 7. The lowest BCUT2D eigenvalue weighted by atomic mass is 9.97. The van der Waals surface area contributed by atoms with E-state index < -0.39 is 40.4 Å². The summed E-state index contributed by atoms with van der Waals surface area (Å²) in [6.45, 7) is 0.867. The molecule has 12 heteroatoms. The molecule has 2 aliphatic heterocycles. The molecule has 1 saturated heterocycles. The molecule has 0 spiro atoms. The van der Waals surface area contributed by atoms with Crippen LogP contribution in [-0.4, -0.2) is 62.6 Å². The number of alkyl halides is 3. The number of rotatable bonds is 5. The Kier molecular flexibility index (Phi) is 5.72. The number of fused-ring (bicyclic) bond motifs is 1. The first-order valence-corrected chi connectivity index (χ1v) is 8.84. The molecule has 2 rings (SSSR count). The van der Waals surface area contributed by atoms with Crippen LogP contribution in [0.25, 0.3) is 0 Å². The van der Waals surface area contributed by atoms with Crippen LogP contribution in [-0.2, 0) is 23.9 Å². The maximum Gasteiger partial charge on any atom is 0.460 e. The molecule has 0 aliphatic carbocycles. The van der Waals surface area contributed by atoms with Crippen LogP contribution in [0.1, 0.15) is 6.92 Å². The van der Waals surface area contributed by atoms with Crippen LogP contribution >= 0.6 is 23.5 Å². The molecule has 0 bridgehead atoms. The summed E-state index contributed by atoms with van der Waals surface area (Å²) >= 11 is 1.15. The van der Waals surface area contributed by atoms with E-state index in [1.807, 2.05) is 0 Å². The number of halogens is 3. The summed E-state index contributed by atoms with van der Waals surface area (Å²) < 4.78 is 41.4. The molecule has 0 aromatic carbocycles. The summed E-state index contributed by atoms with van der Waals surface area (Å²) in [6.07, 6.45) is -4.99.